The highest BCUT2D eigenvalue weighted by atomic mass is 16.3. The molecule has 22 heavy (non-hydrogen) atoms. The van der Waals surface area contributed by atoms with Crippen molar-refractivity contribution in [2.24, 2.45) is 5.92 Å². The van der Waals surface area contributed by atoms with Crippen LogP contribution in [0.5, 0.6) is 0 Å². The zero-order valence-corrected chi connectivity index (χ0v) is 13.9. The first-order valence-electron chi connectivity index (χ1n) is 8.73. The molecule has 2 heterocycles. The molecule has 4 nitrogen and oxygen atoms in total. The quantitative estimate of drug-likeness (QED) is 0.928. The summed E-state index contributed by atoms with van der Waals surface area (Å²) in [5.74, 6) is 2.14. The molecule has 1 aliphatic carbocycles. The number of rotatable bonds is 4. The Balaban J connectivity index is 1.43. The average Bonchev–Trinajstić information content (AvgIpc) is 3.15. The van der Waals surface area contributed by atoms with Gasteiger partial charge in [0.05, 0.1) is 5.56 Å². The number of likely N-dealkylation sites (tertiary alicyclic amines) is 1. The third kappa shape index (κ3) is 3.54. The van der Waals surface area contributed by atoms with E-state index in [0.717, 1.165) is 18.3 Å². The predicted octanol–water partition coefficient (Wildman–Crippen LogP) is 3.28. The number of amides is 1. The van der Waals surface area contributed by atoms with Crippen molar-refractivity contribution in [2.45, 2.75) is 58.4 Å². The number of nitrogens with one attached hydrogen (secondary N) is 1. The molecule has 1 N–H and O–H groups in total. The molecule has 0 atom stereocenters. The molecule has 1 saturated heterocycles. The van der Waals surface area contributed by atoms with Gasteiger partial charge in [-0.3, -0.25) is 4.79 Å². The summed E-state index contributed by atoms with van der Waals surface area (Å²) >= 11 is 0. The number of furan rings is 1. The Bertz CT molecular complexity index is 509. The van der Waals surface area contributed by atoms with Gasteiger partial charge in [-0.25, -0.2) is 0 Å². The third-order valence-corrected chi connectivity index (χ3v) is 5.33. The van der Waals surface area contributed by atoms with Crippen molar-refractivity contribution in [1.29, 1.82) is 0 Å². The van der Waals surface area contributed by atoms with Crippen molar-refractivity contribution < 1.29 is 9.21 Å². The molecule has 0 unspecified atom stereocenters. The fraction of sp³-hybridized carbons (Fsp3) is 0.722. The van der Waals surface area contributed by atoms with Crippen LogP contribution < -0.4 is 5.32 Å². The Hall–Kier alpha value is -1.29. The Morgan fingerprint density at radius 3 is 2.50 bits per heavy atom. The van der Waals surface area contributed by atoms with E-state index in [4.69, 9.17) is 4.42 Å². The Morgan fingerprint density at radius 2 is 1.91 bits per heavy atom. The fourth-order valence-electron chi connectivity index (χ4n) is 3.98. The minimum Gasteiger partial charge on any atom is -0.466 e. The van der Waals surface area contributed by atoms with Crippen LogP contribution in [0.1, 0.15) is 60.4 Å². The summed E-state index contributed by atoms with van der Waals surface area (Å²) in [6.07, 6.45) is 8.01. The van der Waals surface area contributed by atoms with Crippen LogP contribution in [0.3, 0.4) is 0 Å². The van der Waals surface area contributed by atoms with Gasteiger partial charge in [0.15, 0.2) is 0 Å². The second-order valence-electron chi connectivity index (χ2n) is 6.95. The van der Waals surface area contributed by atoms with Gasteiger partial charge in [-0.05, 0) is 64.6 Å². The van der Waals surface area contributed by atoms with Gasteiger partial charge >= 0.3 is 0 Å². The highest BCUT2D eigenvalue weighted by Gasteiger charge is 2.27. The molecule has 1 saturated carbocycles. The van der Waals surface area contributed by atoms with E-state index < -0.39 is 0 Å². The first-order valence-corrected chi connectivity index (χ1v) is 8.73. The van der Waals surface area contributed by atoms with Crippen LogP contribution in [0, 0.1) is 19.8 Å². The SMILES string of the molecule is Cc1cc(C(=O)NCC2CCN(C3CCCC3)CC2)c(C)o1. The van der Waals surface area contributed by atoms with Gasteiger partial charge in [-0.1, -0.05) is 12.8 Å². The minimum atomic E-state index is 0.00701. The molecule has 1 aromatic heterocycles. The molecule has 1 aromatic rings. The first kappa shape index (κ1) is 15.6. The fourth-order valence-corrected chi connectivity index (χ4v) is 3.98. The number of hydrogen-bond donors (Lipinski definition) is 1. The zero-order valence-electron chi connectivity index (χ0n) is 13.9. The number of nitrogens with zero attached hydrogens (tertiary/aromatic N) is 1. The van der Waals surface area contributed by atoms with Crippen LogP contribution in [0.4, 0.5) is 0 Å². The number of carbonyl (C=O) groups is 1. The van der Waals surface area contributed by atoms with Gasteiger partial charge in [0, 0.05) is 12.6 Å². The van der Waals surface area contributed by atoms with Gasteiger partial charge in [0.1, 0.15) is 11.5 Å². The minimum absolute atomic E-state index is 0.00701. The van der Waals surface area contributed by atoms with E-state index in [-0.39, 0.29) is 5.91 Å². The number of aryl methyl sites for hydroxylation is 2. The summed E-state index contributed by atoms with van der Waals surface area (Å²) in [6, 6.07) is 2.67. The molecule has 4 heteroatoms. The molecule has 1 aliphatic heterocycles. The van der Waals surface area contributed by atoms with Gasteiger partial charge in [0.25, 0.3) is 5.91 Å². The lowest BCUT2D eigenvalue weighted by Crippen LogP contribution is -2.42. The number of hydrogen-bond acceptors (Lipinski definition) is 3. The molecule has 0 bridgehead atoms. The maximum Gasteiger partial charge on any atom is 0.254 e. The molecule has 122 valence electrons. The maximum atomic E-state index is 12.2. The van der Waals surface area contributed by atoms with Crippen LogP contribution in [0.15, 0.2) is 10.5 Å². The molecule has 0 aromatic carbocycles. The van der Waals surface area contributed by atoms with E-state index in [1.807, 2.05) is 19.9 Å². The lowest BCUT2D eigenvalue weighted by molar-refractivity contribution is 0.0923. The largest absolute Gasteiger partial charge is 0.466 e. The molecular weight excluding hydrogens is 276 g/mol. The summed E-state index contributed by atoms with van der Waals surface area (Å²) < 4.78 is 5.43. The topological polar surface area (TPSA) is 45.5 Å². The summed E-state index contributed by atoms with van der Waals surface area (Å²) in [5, 5.41) is 3.09. The molecule has 0 spiro atoms. The monoisotopic (exact) mass is 304 g/mol. The highest BCUT2D eigenvalue weighted by molar-refractivity contribution is 5.95. The Labute approximate surface area is 133 Å². The molecule has 0 radical (unpaired) electrons. The van der Waals surface area contributed by atoms with Crippen LogP contribution in [0.25, 0.3) is 0 Å². The predicted molar refractivity (Wildman–Crippen MR) is 87.1 cm³/mol. The van der Waals surface area contributed by atoms with E-state index in [0.29, 0.717) is 17.2 Å². The van der Waals surface area contributed by atoms with Crippen molar-refractivity contribution in [2.75, 3.05) is 19.6 Å². The smallest absolute Gasteiger partial charge is 0.254 e. The molecule has 2 fully saturated rings. The summed E-state index contributed by atoms with van der Waals surface area (Å²) in [5.41, 5.74) is 0.681. The average molecular weight is 304 g/mol. The molecule has 3 rings (SSSR count). The van der Waals surface area contributed by atoms with E-state index in [2.05, 4.69) is 10.2 Å². The Kier molecular flexibility index (Phi) is 4.87. The summed E-state index contributed by atoms with van der Waals surface area (Å²) in [4.78, 5) is 14.9. The van der Waals surface area contributed by atoms with Crippen molar-refractivity contribution in [3.63, 3.8) is 0 Å². The summed E-state index contributed by atoms with van der Waals surface area (Å²) in [6.45, 7) is 6.93. The normalized spacial score (nSPS) is 21.4. The first-order chi connectivity index (χ1) is 10.6. The standard InChI is InChI=1S/C18H28N2O2/c1-13-11-17(14(2)22-13)18(21)19-12-15-7-9-20(10-8-15)16-5-3-4-6-16/h11,15-16H,3-10,12H2,1-2H3,(H,19,21). The van der Waals surface area contributed by atoms with E-state index in [9.17, 15) is 4.79 Å². The van der Waals surface area contributed by atoms with Crippen LogP contribution >= 0.6 is 0 Å². The van der Waals surface area contributed by atoms with Gasteiger partial charge in [-0.2, -0.15) is 0 Å². The molecular formula is C18H28N2O2. The van der Waals surface area contributed by atoms with Crippen LogP contribution in [0.2, 0.25) is 0 Å². The second kappa shape index (κ2) is 6.86. The van der Waals surface area contributed by atoms with Crippen molar-refractivity contribution in [3.05, 3.63) is 23.2 Å². The van der Waals surface area contributed by atoms with Crippen LogP contribution in [-0.4, -0.2) is 36.5 Å². The van der Waals surface area contributed by atoms with Gasteiger partial charge < -0.3 is 14.6 Å². The van der Waals surface area contributed by atoms with E-state index >= 15 is 0 Å². The number of piperidine rings is 1. The van der Waals surface area contributed by atoms with Gasteiger partial charge in [-0.15, -0.1) is 0 Å². The lowest BCUT2D eigenvalue weighted by atomic mass is 9.95. The molecule has 2 aliphatic rings. The van der Waals surface area contributed by atoms with Crippen molar-refractivity contribution in [3.8, 4) is 0 Å². The van der Waals surface area contributed by atoms with Crippen molar-refractivity contribution in [1.82, 2.24) is 10.2 Å². The van der Waals surface area contributed by atoms with Crippen LogP contribution in [-0.2, 0) is 0 Å². The maximum absolute atomic E-state index is 12.2. The highest BCUT2D eigenvalue weighted by Crippen LogP contribution is 2.27. The van der Waals surface area contributed by atoms with Gasteiger partial charge in [0.2, 0.25) is 0 Å². The zero-order chi connectivity index (χ0) is 15.5. The third-order valence-electron chi connectivity index (χ3n) is 5.33. The molecule has 1 amide bonds. The Morgan fingerprint density at radius 1 is 1.23 bits per heavy atom. The van der Waals surface area contributed by atoms with E-state index in [1.54, 1.807) is 0 Å². The lowest BCUT2D eigenvalue weighted by Gasteiger charge is -2.36. The van der Waals surface area contributed by atoms with E-state index in [1.165, 1.54) is 51.6 Å². The number of carbonyl (C=O) groups excluding carboxylic acids is 1. The summed E-state index contributed by atoms with van der Waals surface area (Å²) in [7, 11) is 0. The second-order valence-corrected chi connectivity index (χ2v) is 6.95. The van der Waals surface area contributed by atoms with Crippen molar-refractivity contribution >= 4 is 5.91 Å².